The highest BCUT2D eigenvalue weighted by atomic mass is 79.9. The molecule has 132 valence electrons. The maximum Gasteiger partial charge on any atom is 0.329 e. The van der Waals surface area contributed by atoms with Crippen LogP contribution in [0.25, 0.3) is 6.08 Å². The number of hydrogen-bond acceptors (Lipinski definition) is 7. The van der Waals surface area contributed by atoms with Crippen molar-refractivity contribution in [2.75, 3.05) is 13.4 Å². The Morgan fingerprint density at radius 2 is 2.08 bits per heavy atom. The van der Waals surface area contributed by atoms with Crippen LogP contribution in [-0.2, 0) is 14.3 Å². The number of imide groups is 1. The highest BCUT2D eigenvalue weighted by molar-refractivity contribution is 9.10. The number of halogens is 1. The van der Waals surface area contributed by atoms with E-state index in [0.29, 0.717) is 21.5 Å². The van der Waals surface area contributed by atoms with Crippen molar-refractivity contribution in [2.24, 2.45) is 0 Å². The molecule has 3 rings (SSSR count). The lowest BCUT2D eigenvalue weighted by Gasteiger charge is -2.19. The highest BCUT2D eigenvalue weighted by Gasteiger charge is 2.41. The van der Waals surface area contributed by atoms with Gasteiger partial charge in [-0.15, -0.1) is 0 Å². The molecule has 0 spiro atoms. The first-order valence-electron chi connectivity index (χ1n) is 7.45. The summed E-state index contributed by atoms with van der Waals surface area (Å²) in [7, 11) is 0. The van der Waals surface area contributed by atoms with Gasteiger partial charge in [0.2, 0.25) is 6.79 Å². The van der Waals surface area contributed by atoms with Crippen molar-refractivity contribution in [2.45, 2.75) is 19.9 Å². The van der Waals surface area contributed by atoms with Crippen molar-refractivity contribution in [1.29, 1.82) is 0 Å². The summed E-state index contributed by atoms with van der Waals surface area (Å²) in [6, 6.07) is 2.48. The number of amides is 2. The summed E-state index contributed by atoms with van der Waals surface area (Å²) < 4.78 is 16.2. The Kier molecular flexibility index (Phi) is 5.05. The Morgan fingerprint density at radius 1 is 1.40 bits per heavy atom. The van der Waals surface area contributed by atoms with Crippen LogP contribution in [0.15, 0.2) is 21.5 Å². The lowest BCUT2D eigenvalue weighted by Crippen LogP contribution is -2.42. The van der Waals surface area contributed by atoms with Crippen molar-refractivity contribution >= 4 is 50.9 Å². The zero-order chi connectivity index (χ0) is 18.1. The van der Waals surface area contributed by atoms with Crippen LogP contribution in [0.1, 0.15) is 19.4 Å². The molecule has 0 aromatic heterocycles. The molecular formula is C16H14BrNO6S. The number of ether oxygens (including phenoxy) is 3. The van der Waals surface area contributed by atoms with Crippen molar-refractivity contribution in [3.8, 4) is 11.5 Å². The van der Waals surface area contributed by atoms with Gasteiger partial charge in [0.1, 0.15) is 6.04 Å². The molecule has 25 heavy (non-hydrogen) atoms. The summed E-state index contributed by atoms with van der Waals surface area (Å²) in [5.41, 5.74) is 0.665. The van der Waals surface area contributed by atoms with Gasteiger partial charge >= 0.3 is 5.97 Å². The lowest BCUT2D eigenvalue weighted by molar-refractivity contribution is -0.150. The van der Waals surface area contributed by atoms with E-state index < -0.39 is 23.2 Å². The second-order valence-electron chi connectivity index (χ2n) is 5.21. The fourth-order valence-electron chi connectivity index (χ4n) is 2.37. The third kappa shape index (κ3) is 3.38. The quantitative estimate of drug-likeness (QED) is 0.538. The first-order chi connectivity index (χ1) is 11.9. The fraction of sp³-hybridized carbons (Fsp3) is 0.312. The summed E-state index contributed by atoms with van der Waals surface area (Å²) in [6.45, 7) is 3.45. The molecule has 1 aromatic carbocycles. The number of nitrogens with zero attached hydrogens (tertiary/aromatic N) is 1. The van der Waals surface area contributed by atoms with E-state index in [0.717, 1.165) is 16.7 Å². The summed E-state index contributed by atoms with van der Waals surface area (Å²) in [4.78, 5) is 37.7. The van der Waals surface area contributed by atoms with Crippen LogP contribution in [0.4, 0.5) is 4.79 Å². The maximum absolute atomic E-state index is 12.6. The highest BCUT2D eigenvalue weighted by Crippen LogP contribution is 2.40. The van der Waals surface area contributed by atoms with Crippen molar-refractivity contribution in [3.05, 3.63) is 27.1 Å². The molecule has 2 aliphatic rings. The van der Waals surface area contributed by atoms with Crippen LogP contribution < -0.4 is 9.47 Å². The number of hydrogen-bond donors (Lipinski definition) is 0. The van der Waals surface area contributed by atoms with Gasteiger partial charge in [-0.05, 0) is 49.4 Å². The van der Waals surface area contributed by atoms with Gasteiger partial charge in [0.05, 0.1) is 11.5 Å². The number of esters is 1. The Labute approximate surface area is 156 Å². The van der Waals surface area contributed by atoms with E-state index in [9.17, 15) is 14.4 Å². The van der Waals surface area contributed by atoms with Gasteiger partial charge in [0.25, 0.3) is 11.1 Å². The third-order valence-corrected chi connectivity index (χ3v) is 5.19. The monoisotopic (exact) mass is 427 g/mol. The van der Waals surface area contributed by atoms with E-state index in [1.807, 2.05) is 0 Å². The average Bonchev–Trinajstić information content (AvgIpc) is 3.11. The number of thioether (sulfide) groups is 1. The molecule has 2 aliphatic heterocycles. The van der Waals surface area contributed by atoms with Gasteiger partial charge < -0.3 is 14.2 Å². The largest absolute Gasteiger partial charge is 0.464 e. The van der Waals surface area contributed by atoms with Gasteiger partial charge in [0.15, 0.2) is 11.5 Å². The minimum atomic E-state index is -0.974. The topological polar surface area (TPSA) is 82.1 Å². The Balaban J connectivity index is 1.87. The second-order valence-corrected chi connectivity index (χ2v) is 7.05. The van der Waals surface area contributed by atoms with Crippen LogP contribution in [-0.4, -0.2) is 41.5 Å². The summed E-state index contributed by atoms with van der Waals surface area (Å²) in [5, 5.41) is -0.506. The first kappa shape index (κ1) is 17.8. The van der Waals surface area contributed by atoms with Crippen LogP contribution in [0, 0.1) is 0 Å². The summed E-state index contributed by atoms with van der Waals surface area (Å²) in [5.74, 6) is 0.0251. The van der Waals surface area contributed by atoms with E-state index in [2.05, 4.69) is 15.9 Å². The predicted octanol–water partition coefficient (Wildman–Crippen LogP) is 3.17. The molecule has 9 heteroatoms. The normalized spacial score (nSPS) is 18.8. The molecular weight excluding hydrogens is 414 g/mol. The Hall–Kier alpha value is -2.00. The number of carbonyl (C=O) groups is 3. The van der Waals surface area contributed by atoms with Gasteiger partial charge in [-0.3, -0.25) is 14.5 Å². The SMILES string of the molecule is CCOC(=O)[C@@H](C)N1C(=O)S/C(=C\c2cc3c(cc2Br)OCO3)C1=O. The summed E-state index contributed by atoms with van der Waals surface area (Å²) >= 11 is 4.19. The van der Waals surface area contributed by atoms with Crippen molar-refractivity contribution < 1.29 is 28.6 Å². The van der Waals surface area contributed by atoms with Crippen LogP contribution >= 0.6 is 27.7 Å². The van der Waals surface area contributed by atoms with Crippen molar-refractivity contribution in [1.82, 2.24) is 4.90 Å². The Bertz CT molecular complexity index is 793. The van der Waals surface area contributed by atoms with E-state index >= 15 is 0 Å². The fourth-order valence-corrected chi connectivity index (χ4v) is 3.70. The number of benzene rings is 1. The van der Waals surface area contributed by atoms with Gasteiger partial charge in [-0.2, -0.15) is 0 Å². The molecule has 1 fully saturated rings. The zero-order valence-electron chi connectivity index (χ0n) is 13.4. The average molecular weight is 428 g/mol. The number of fused-ring (bicyclic) bond motifs is 1. The van der Waals surface area contributed by atoms with Crippen LogP contribution in [0.5, 0.6) is 11.5 Å². The van der Waals surface area contributed by atoms with Gasteiger partial charge in [-0.25, -0.2) is 4.79 Å². The lowest BCUT2D eigenvalue weighted by atomic mass is 10.2. The molecule has 2 heterocycles. The van der Waals surface area contributed by atoms with E-state index in [-0.39, 0.29) is 18.3 Å². The zero-order valence-corrected chi connectivity index (χ0v) is 15.8. The minimum Gasteiger partial charge on any atom is -0.464 e. The predicted molar refractivity (Wildman–Crippen MR) is 94.2 cm³/mol. The Morgan fingerprint density at radius 3 is 2.76 bits per heavy atom. The second kappa shape index (κ2) is 7.09. The molecule has 2 amide bonds. The molecule has 1 saturated heterocycles. The maximum atomic E-state index is 12.6. The number of rotatable bonds is 4. The van der Waals surface area contributed by atoms with E-state index in [1.54, 1.807) is 25.1 Å². The molecule has 1 aromatic rings. The summed E-state index contributed by atoms with van der Waals surface area (Å²) in [6.07, 6.45) is 1.58. The van der Waals surface area contributed by atoms with Gasteiger partial charge in [0, 0.05) is 4.47 Å². The molecule has 0 radical (unpaired) electrons. The first-order valence-corrected chi connectivity index (χ1v) is 9.06. The molecule has 0 unspecified atom stereocenters. The minimum absolute atomic E-state index is 0.138. The number of carbonyl (C=O) groups excluding carboxylic acids is 3. The van der Waals surface area contributed by atoms with Crippen molar-refractivity contribution in [3.63, 3.8) is 0 Å². The molecule has 0 saturated carbocycles. The molecule has 0 N–H and O–H groups in total. The van der Waals surface area contributed by atoms with E-state index in [4.69, 9.17) is 14.2 Å². The molecule has 1 atom stereocenters. The van der Waals surface area contributed by atoms with E-state index in [1.165, 1.54) is 6.92 Å². The van der Waals surface area contributed by atoms with Crippen LogP contribution in [0.3, 0.4) is 0 Å². The molecule has 7 nitrogen and oxygen atoms in total. The smallest absolute Gasteiger partial charge is 0.329 e. The third-order valence-electron chi connectivity index (χ3n) is 3.62. The standard InChI is InChI=1S/C16H14BrNO6S/c1-3-22-15(20)8(2)18-14(19)13(25-16(18)21)5-9-4-11-12(6-10(9)17)24-7-23-11/h4-6,8H,3,7H2,1-2H3/b13-5-/t8-/m1/s1. The molecule has 0 bridgehead atoms. The van der Waals surface area contributed by atoms with Crippen LogP contribution in [0.2, 0.25) is 0 Å². The van der Waals surface area contributed by atoms with Gasteiger partial charge in [-0.1, -0.05) is 15.9 Å². The molecule has 0 aliphatic carbocycles.